The van der Waals surface area contributed by atoms with E-state index in [-0.39, 0.29) is 30.8 Å². The highest BCUT2D eigenvalue weighted by molar-refractivity contribution is 7.92. The maximum Gasteiger partial charge on any atom is 0.243 e. The molecule has 1 saturated carbocycles. The Morgan fingerprint density at radius 1 is 0.837 bits per heavy atom. The number of amides is 2. The van der Waals surface area contributed by atoms with E-state index in [9.17, 15) is 18.0 Å². The molecule has 0 radical (unpaired) electrons. The molecule has 230 valence electrons. The molecule has 8 heteroatoms. The van der Waals surface area contributed by atoms with Crippen LogP contribution in [-0.4, -0.2) is 50.0 Å². The second kappa shape index (κ2) is 15.2. The van der Waals surface area contributed by atoms with Gasteiger partial charge in [0.25, 0.3) is 0 Å². The van der Waals surface area contributed by atoms with Crippen molar-refractivity contribution >= 4 is 27.5 Å². The van der Waals surface area contributed by atoms with E-state index in [4.69, 9.17) is 0 Å². The lowest BCUT2D eigenvalue weighted by Gasteiger charge is -2.34. The number of benzene rings is 3. The first kappa shape index (κ1) is 32.3. The third kappa shape index (κ3) is 9.68. The number of nitrogens with zero attached hydrogens (tertiary/aromatic N) is 2. The molecule has 3 aromatic carbocycles. The lowest BCUT2D eigenvalue weighted by Crippen LogP contribution is -2.52. The molecule has 0 heterocycles. The van der Waals surface area contributed by atoms with Crippen molar-refractivity contribution in [2.45, 2.75) is 83.8 Å². The van der Waals surface area contributed by atoms with E-state index in [1.165, 1.54) is 17.0 Å². The average Bonchev–Trinajstić information content (AvgIpc) is 2.99. The molecule has 0 spiro atoms. The molecule has 7 nitrogen and oxygen atoms in total. The summed E-state index contributed by atoms with van der Waals surface area (Å²) in [5.74, 6) is -0.300. The molecule has 1 atom stereocenters. The molecule has 1 aliphatic rings. The number of carbonyl (C=O) groups excluding carboxylic acids is 2. The number of hydrogen-bond donors (Lipinski definition) is 1. The second-order valence-electron chi connectivity index (χ2n) is 11.8. The highest BCUT2D eigenvalue weighted by Crippen LogP contribution is 2.22. The van der Waals surface area contributed by atoms with Crippen LogP contribution in [0.25, 0.3) is 0 Å². The quantitative estimate of drug-likeness (QED) is 0.262. The molecule has 1 N–H and O–H groups in total. The van der Waals surface area contributed by atoms with Crippen LogP contribution in [0, 0.1) is 13.8 Å². The Hall–Kier alpha value is -3.65. The van der Waals surface area contributed by atoms with Gasteiger partial charge in [-0.3, -0.25) is 13.9 Å². The van der Waals surface area contributed by atoms with Gasteiger partial charge >= 0.3 is 0 Å². The van der Waals surface area contributed by atoms with Crippen LogP contribution in [0.15, 0.2) is 78.9 Å². The molecule has 3 aromatic rings. The van der Waals surface area contributed by atoms with E-state index in [0.29, 0.717) is 25.1 Å². The van der Waals surface area contributed by atoms with Crippen molar-refractivity contribution < 1.29 is 18.0 Å². The Morgan fingerprint density at radius 3 is 2.05 bits per heavy atom. The van der Waals surface area contributed by atoms with Crippen LogP contribution in [0.3, 0.4) is 0 Å². The summed E-state index contributed by atoms with van der Waals surface area (Å²) in [7, 11) is -3.54. The van der Waals surface area contributed by atoms with Crippen LogP contribution in [0.5, 0.6) is 0 Å². The predicted molar refractivity (Wildman–Crippen MR) is 173 cm³/mol. The van der Waals surface area contributed by atoms with Crippen molar-refractivity contribution in [3.05, 3.63) is 101 Å². The molecule has 1 unspecified atom stereocenters. The first-order valence-electron chi connectivity index (χ1n) is 15.3. The van der Waals surface area contributed by atoms with Crippen LogP contribution in [0.1, 0.15) is 67.2 Å². The Morgan fingerprint density at radius 2 is 1.44 bits per heavy atom. The summed E-state index contributed by atoms with van der Waals surface area (Å²) in [5.41, 5.74) is 4.66. The Balaban J connectivity index is 1.58. The molecule has 2 amide bonds. The molecule has 0 bridgehead atoms. The van der Waals surface area contributed by atoms with E-state index < -0.39 is 16.1 Å². The van der Waals surface area contributed by atoms with Gasteiger partial charge in [-0.15, -0.1) is 0 Å². The van der Waals surface area contributed by atoms with Gasteiger partial charge < -0.3 is 10.2 Å². The molecule has 4 rings (SSSR count). The molecule has 43 heavy (non-hydrogen) atoms. The fourth-order valence-corrected chi connectivity index (χ4v) is 6.67. The third-order valence-electron chi connectivity index (χ3n) is 8.17. The van der Waals surface area contributed by atoms with Crippen molar-refractivity contribution in [2.24, 2.45) is 0 Å². The summed E-state index contributed by atoms with van der Waals surface area (Å²) in [6.07, 6.45) is 7.31. The van der Waals surface area contributed by atoms with Gasteiger partial charge in [0, 0.05) is 32.0 Å². The van der Waals surface area contributed by atoms with Gasteiger partial charge in [0.2, 0.25) is 21.8 Å². The van der Waals surface area contributed by atoms with E-state index >= 15 is 0 Å². The molecular formula is C35H45N3O4S. The summed E-state index contributed by atoms with van der Waals surface area (Å²) in [4.78, 5) is 29.7. The van der Waals surface area contributed by atoms with Gasteiger partial charge in [0.05, 0.1) is 11.9 Å². The normalized spacial score (nSPS) is 14.6. The van der Waals surface area contributed by atoms with Crippen molar-refractivity contribution in [2.75, 3.05) is 17.1 Å². The first-order chi connectivity index (χ1) is 20.6. The largest absolute Gasteiger partial charge is 0.352 e. The second-order valence-corrected chi connectivity index (χ2v) is 13.7. The number of aryl methyl sites for hydroxylation is 2. The van der Waals surface area contributed by atoms with E-state index in [0.717, 1.165) is 47.9 Å². The van der Waals surface area contributed by atoms with Crippen LogP contribution in [0.2, 0.25) is 0 Å². The Bertz CT molecular complexity index is 1430. The summed E-state index contributed by atoms with van der Waals surface area (Å²) >= 11 is 0. The highest BCUT2D eigenvalue weighted by atomic mass is 32.2. The van der Waals surface area contributed by atoms with Crippen molar-refractivity contribution in [1.29, 1.82) is 0 Å². The van der Waals surface area contributed by atoms with Gasteiger partial charge in [-0.2, -0.15) is 0 Å². The zero-order chi connectivity index (χ0) is 30.8. The Labute approximate surface area is 257 Å². The number of anilines is 1. The van der Waals surface area contributed by atoms with Crippen molar-refractivity contribution in [3.63, 3.8) is 0 Å². The van der Waals surface area contributed by atoms with Gasteiger partial charge in [0.1, 0.15) is 6.04 Å². The summed E-state index contributed by atoms with van der Waals surface area (Å²) in [6, 6.07) is 24.6. The molecule has 0 aliphatic heterocycles. The number of hydrogen-bond acceptors (Lipinski definition) is 4. The smallest absolute Gasteiger partial charge is 0.243 e. The molecule has 0 aromatic heterocycles. The molecule has 1 fully saturated rings. The van der Waals surface area contributed by atoms with Gasteiger partial charge in [-0.25, -0.2) is 8.42 Å². The molecular weight excluding hydrogens is 558 g/mol. The minimum absolute atomic E-state index is 0.117. The number of rotatable bonds is 13. The summed E-state index contributed by atoms with van der Waals surface area (Å²) in [6.45, 7) is 4.43. The number of carbonyl (C=O) groups is 2. The Kier molecular flexibility index (Phi) is 11.4. The minimum atomic E-state index is -3.54. The lowest BCUT2D eigenvalue weighted by atomic mass is 9.94. The summed E-state index contributed by atoms with van der Waals surface area (Å²) in [5, 5.41) is 3.27. The number of nitrogens with one attached hydrogen (secondary N) is 1. The van der Waals surface area contributed by atoms with Crippen LogP contribution < -0.4 is 9.62 Å². The fraction of sp³-hybridized carbons (Fsp3) is 0.429. The monoisotopic (exact) mass is 603 g/mol. The fourth-order valence-electron chi connectivity index (χ4n) is 5.70. The van der Waals surface area contributed by atoms with Crippen molar-refractivity contribution in [3.8, 4) is 0 Å². The maximum atomic E-state index is 14.0. The number of sulfonamides is 1. The standard InChI is InChI=1S/C35H45N3O4S/c1-27-16-20-30(21-17-27)26-37(34(39)15-10-24-38(43(3,41)42)32-22-18-28(2)19-23-32)33(25-29-11-6-4-7-12-29)35(40)36-31-13-8-5-9-14-31/h4,6-7,11-12,16-23,31,33H,5,8-10,13-15,24-26H2,1-3H3,(H,36,40). The minimum Gasteiger partial charge on any atom is -0.352 e. The summed E-state index contributed by atoms with van der Waals surface area (Å²) < 4.78 is 26.7. The molecule has 0 saturated heterocycles. The average molecular weight is 604 g/mol. The third-order valence-corrected chi connectivity index (χ3v) is 9.36. The zero-order valence-corrected chi connectivity index (χ0v) is 26.5. The SMILES string of the molecule is Cc1ccc(CN(C(=O)CCCN(c2ccc(C)cc2)S(C)(=O)=O)C(Cc2ccccc2)C(=O)NC2CCCCC2)cc1. The van der Waals surface area contributed by atoms with E-state index in [1.807, 2.05) is 80.6 Å². The van der Waals surface area contributed by atoms with E-state index in [1.54, 1.807) is 17.0 Å². The first-order valence-corrected chi connectivity index (χ1v) is 17.2. The molecule has 1 aliphatic carbocycles. The highest BCUT2D eigenvalue weighted by Gasteiger charge is 2.32. The lowest BCUT2D eigenvalue weighted by molar-refractivity contribution is -0.141. The van der Waals surface area contributed by atoms with E-state index in [2.05, 4.69) is 5.32 Å². The van der Waals surface area contributed by atoms with Crippen LogP contribution in [-0.2, 0) is 32.6 Å². The van der Waals surface area contributed by atoms with Gasteiger partial charge in [-0.05, 0) is 56.4 Å². The van der Waals surface area contributed by atoms with Crippen LogP contribution in [0.4, 0.5) is 5.69 Å². The predicted octanol–water partition coefficient (Wildman–Crippen LogP) is 5.94. The van der Waals surface area contributed by atoms with Gasteiger partial charge in [0.15, 0.2) is 0 Å². The zero-order valence-electron chi connectivity index (χ0n) is 25.7. The van der Waals surface area contributed by atoms with Gasteiger partial charge in [-0.1, -0.05) is 97.1 Å². The maximum absolute atomic E-state index is 14.0. The van der Waals surface area contributed by atoms with Crippen LogP contribution >= 0.6 is 0 Å². The van der Waals surface area contributed by atoms with Crippen molar-refractivity contribution in [1.82, 2.24) is 10.2 Å². The topological polar surface area (TPSA) is 86.8 Å².